The van der Waals surface area contributed by atoms with E-state index in [1.54, 1.807) is 0 Å². The maximum Gasteiger partial charge on any atom is 0.305 e. The molecule has 2 N–H and O–H groups in total. The first-order valence-corrected chi connectivity index (χ1v) is 8.57. The summed E-state index contributed by atoms with van der Waals surface area (Å²) >= 11 is 0. The second kappa shape index (κ2) is 7.86. The molecule has 0 aliphatic carbocycles. The summed E-state index contributed by atoms with van der Waals surface area (Å²) in [6.07, 6.45) is 2.92. The van der Waals surface area contributed by atoms with Crippen molar-refractivity contribution in [3.05, 3.63) is 65.2 Å². The van der Waals surface area contributed by atoms with Gasteiger partial charge in [-0.2, -0.15) is 10.2 Å². The number of hydrogen-bond acceptors (Lipinski definition) is 4. The number of aromatic nitrogens is 4. The molecule has 0 atom stereocenters. The normalized spacial score (nSPS) is 10.7. The van der Waals surface area contributed by atoms with Gasteiger partial charge in [0.25, 0.3) is 5.91 Å². The average molecular weight is 367 g/mol. The van der Waals surface area contributed by atoms with Crippen molar-refractivity contribution < 1.29 is 14.7 Å². The zero-order chi connectivity index (χ0) is 19.4. The molecule has 0 radical (unpaired) electrons. The molecule has 0 spiro atoms. The van der Waals surface area contributed by atoms with E-state index in [0.717, 1.165) is 17.0 Å². The highest BCUT2D eigenvalue weighted by Gasteiger charge is 2.16. The molecule has 0 unspecified atom stereocenters. The Balaban J connectivity index is 1.72. The number of hydrogen-bond donors (Lipinski definition) is 2. The van der Waals surface area contributed by atoms with Crippen molar-refractivity contribution in [2.45, 2.75) is 33.4 Å². The van der Waals surface area contributed by atoms with E-state index in [4.69, 9.17) is 5.11 Å². The Labute approximate surface area is 156 Å². The van der Waals surface area contributed by atoms with Gasteiger partial charge in [-0.15, -0.1) is 0 Å². The van der Waals surface area contributed by atoms with Crippen LogP contribution >= 0.6 is 0 Å². The van der Waals surface area contributed by atoms with Gasteiger partial charge < -0.3 is 10.4 Å². The fraction of sp³-hybridized carbons (Fsp3) is 0.263. The standard InChI is InChI=1S/C19H21N5O3/c1-13-18(14(2)24(22-13)11-15-6-4-3-5-7-15)21-19(27)16-10-20-23(12-16)9-8-17(25)26/h3-7,10,12H,8-9,11H2,1-2H3,(H,21,27)(H,25,26). The SMILES string of the molecule is Cc1nn(Cc2ccccc2)c(C)c1NC(=O)c1cnn(CCC(=O)O)c1. The molecule has 8 heteroatoms. The molecular weight excluding hydrogens is 346 g/mol. The highest BCUT2D eigenvalue weighted by Crippen LogP contribution is 2.21. The van der Waals surface area contributed by atoms with Crippen LogP contribution in [0.4, 0.5) is 5.69 Å². The zero-order valence-electron chi connectivity index (χ0n) is 15.2. The summed E-state index contributed by atoms with van der Waals surface area (Å²) in [5, 5.41) is 20.2. The number of nitrogens with zero attached hydrogens (tertiary/aromatic N) is 4. The lowest BCUT2D eigenvalue weighted by Gasteiger charge is -2.06. The van der Waals surface area contributed by atoms with E-state index >= 15 is 0 Å². The number of benzene rings is 1. The molecule has 2 aromatic heterocycles. The minimum absolute atomic E-state index is 0.0484. The molecule has 8 nitrogen and oxygen atoms in total. The van der Waals surface area contributed by atoms with Crippen molar-refractivity contribution in [1.82, 2.24) is 19.6 Å². The number of aryl methyl sites for hydroxylation is 2. The Bertz CT molecular complexity index is 959. The van der Waals surface area contributed by atoms with Crippen LogP contribution < -0.4 is 5.32 Å². The van der Waals surface area contributed by atoms with Gasteiger partial charge in [-0.3, -0.25) is 19.0 Å². The van der Waals surface area contributed by atoms with Gasteiger partial charge in [0.15, 0.2) is 0 Å². The molecule has 0 bridgehead atoms. The zero-order valence-corrected chi connectivity index (χ0v) is 15.2. The fourth-order valence-electron chi connectivity index (χ4n) is 2.79. The van der Waals surface area contributed by atoms with E-state index in [9.17, 15) is 9.59 Å². The predicted molar refractivity (Wildman–Crippen MR) is 99.7 cm³/mol. The third-order valence-electron chi connectivity index (χ3n) is 4.25. The molecule has 2 heterocycles. The van der Waals surface area contributed by atoms with Crippen molar-refractivity contribution >= 4 is 17.6 Å². The number of nitrogens with one attached hydrogen (secondary N) is 1. The Morgan fingerprint density at radius 1 is 1.19 bits per heavy atom. The molecule has 0 aliphatic heterocycles. The quantitative estimate of drug-likeness (QED) is 0.668. The highest BCUT2D eigenvalue weighted by atomic mass is 16.4. The van der Waals surface area contributed by atoms with E-state index in [1.807, 2.05) is 48.9 Å². The summed E-state index contributed by atoms with van der Waals surface area (Å²) in [5.74, 6) is -1.21. The highest BCUT2D eigenvalue weighted by molar-refractivity contribution is 6.04. The van der Waals surface area contributed by atoms with Gasteiger partial charge in [-0.05, 0) is 19.4 Å². The summed E-state index contributed by atoms with van der Waals surface area (Å²) in [4.78, 5) is 23.2. The first-order valence-electron chi connectivity index (χ1n) is 8.57. The Morgan fingerprint density at radius 2 is 1.93 bits per heavy atom. The number of carbonyl (C=O) groups excluding carboxylic acids is 1. The van der Waals surface area contributed by atoms with Gasteiger partial charge in [0.1, 0.15) is 0 Å². The number of aliphatic carboxylic acids is 1. The van der Waals surface area contributed by atoms with Gasteiger partial charge in [-0.1, -0.05) is 30.3 Å². The average Bonchev–Trinajstić information content (AvgIpc) is 3.22. The van der Waals surface area contributed by atoms with Crippen molar-refractivity contribution in [2.24, 2.45) is 0 Å². The maximum atomic E-state index is 12.5. The molecule has 27 heavy (non-hydrogen) atoms. The number of carboxylic acids is 1. The van der Waals surface area contributed by atoms with E-state index in [2.05, 4.69) is 15.5 Å². The van der Waals surface area contributed by atoms with Crippen LogP contribution in [0.2, 0.25) is 0 Å². The monoisotopic (exact) mass is 367 g/mol. The van der Waals surface area contributed by atoms with E-state index in [-0.39, 0.29) is 18.9 Å². The van der Waals surface area contributed by atoms with Crippen molar-refractivity contribution in [2.75, 3.05) is 5.32 Å². The van der Waals surface area contributed by atoms with E-state index < -0.39 is 5.97 Å². The number of rotatable bonds is 7. The Hall–Kier alpha value is -3.42. The fourth-order valence-corrected chi connectivity index (χ4v) is 2.79. The van der Waals surface area contributed by atoms with Gasteiger partial charge in [0.05, 0.1) is 48.3 Å². The molecule has 3 rings (SSSR count). The molecule has 3 aromatic rings. The summed E-state index contributed by atoms with van der Waals surface area (Å²) in [6, 6.07) is 9.98. The maximum absolute atomic E-state index is 12.5. The summed E-state index contributed by atoms with van der Waals surface area (Å²) < 4.78 is 3.30. The lowest BCUT2D eigenvalue weighted by molar-refractivity contribution is -0.137. The molecule has 0 aliphatic rings. The minimum Gasteiger partial charge on any atom is -0.481 e. The molecule has 140 valence electrons. The number of amides is 1. The van der Waals surface area contributed by atoms with Gasteiger partial charge >= 0.3 is 5.97 Å². The van der Waals surface area contributed by atoms with Crippen LogP contribution in [0.15, 0.2) is 42.7 Å². The second-order valence-corrected chi connectivity index (χ2v) is 6.28. The molecule has 1 aromatic carbocycles. The molecule has 0 saturated carbocycles. The largest absolute Gasteiger partial charge is 0.481 e. The van der Waals surface area contributed by atoms with Crippen molar-refractivity contribution in [3.63, 3.8) is 0 Å². The molecule has 0 saturated heterocycles. The first kappa shape index (κ1) is 18.4. The number of anilines is 1. The van der Waals surface area contributed by atoms with Crippen LogP contribution in [-0.4, -0.2) is 36.5 Å². The minimum atomic E-state index is -0.909. The van der Waals surface area contributed by atoms with Crippen LogP contribution in [0, 0.1) is 13.8 Å². The van der Waals surface area contributed by atoms with Crippen LogP contribution in [0.25, 0.3) is 0 Å². The third kappa shape index (κ3) is 4.41. The number of carbonyl (C=O) groups is 2. The predicted octanol–water partition coefficient (Wildman–Crippen LogP) is 2.47. The third-order valence-corrected chi connectivity index (χ3v) is 4.25. The van der Waals surface area contributed by atoms with E-state index in [0.29, 0.717) is 17.8 Å². The van der Waals surface area contributed by atoms with Gasteiger partial charge in [0, 0.05) is 6.20 Å². The lowest BCUT2D eigenvalue weighted by atomic mass is 10.2. The number of carboxylic acid groups (broad SMARTS) is 1. The summed E-state index contributed by atoms with van der Waals surface area (Å²) in [7, 11) is 0. The molecule has 0 fully saturated rings. The summed E-state index contributed by atoms with van der Waals surface area (Å²) in [6.45, 7) is 4.60. The topological polar surface area (TPSA) is 102 Å². The van der Waals surface area contributed by atoms with Crippen LogP contribution in [0.1, 0.15) is 33.7 Å². The van der Waals surface area contributed by atoms with Crippen LogP contribution in [0.3, 0.4) is 0 Å². The Morgan fingerprint density at radius 3 is 2.63 bits per heavy atom. The van der Waals surface area contributed by atoms with Crippen LogP contribution in [-0.2, 0) is 17.9 Å². The first-order chi connectivity index (χ1) is 12.9. The second-order valence-electron chi connectivity index (χ2n) is 6.28. The van der Waals surface area contributed by atoms with E-state index in [1.165, 1.54) is 17.1 Å². The van der Waals surface area contributed by atoms with Gasteiger partial charge in [-0.25, -0.2) is 0 Å². The van der Waals surface area contributed by atoms with Crippen LogP contribution in [0.5, 0.6) is 0 Å². The molecule has 1 amide bonds. The van der Waals surface area contributed by atoms with Crippen molar-refractivity contribution in [3.8, 4) is 0 Å². The van der Waals surface area contributed by atoms with Crippen molar-refractivity contribution in [1.29, 1.82) is 0 Å². The molecular formula is C19H21N5O3. The summed E-state index contributed by atoms with van der Waals surface area (Å²) in [5.41, 5.74) is 3.77. The lowest BCUT2D eigenvalue weighted by Crippen LogP contribution is -2.13. The Kier molecular flexibility index (Phi) is 5.35. The smallest absolute Gasteiger partial charge is 0.305 e. The van der Waals surface area contributed by atoms with Gasteiger partial charge in [0.2, 0.25) is 0 Å².